The Labute approximate surface area is 626 Å². The van der Waals surface area contributed by atoms with E-state index in [1.807, 2.05) is 54.9 Å². The van der Waals surface area contributed by atoms with E-state index in [0.717, 1.165) is 179 Å². The lowest BCUT2D eigenvalue weighted by Crippen LogP contribution is -2.43. The molecule has 554 valence electrons. The monoisotopic (exact) mass is 1470 g/mol. The van der Waals surface area contributed by atoms with E-state index < -0.39 is 0 Å². The van der Waals surface area contributed by atoms with Crippen molar-refractivity contribution in [1.29, 1.82) is 10.5 Å². The third kappa shape index (κ3) is 18.7. The first-order valence-corrected chi connectivity index (χ1v) is 36.1. The highest BCUT2D eigenvalue weighted by molar-refractivity contribution is 6.53. The van der Waals surface area contributed by atoms with Crippen LogP contribution in [0.3, 0.4) is 0 Å². The normalized spacial score (nSPS) is 16.1. The van der Waals surface area contributed by atoms with Crippen LogP contribution in [0.25, 0.3) is 33.1 Å². The molecule has 9 aromatic rings. The fourth-order valence-corrected chi connectivity index (χ4v) is 14.7. The van der Waals surface area contributed by atoms with E-state index in [0.29, 0.717) is 58.5 Å². The zero-order chi connectivity index (χ0) is 72.1. The van der Waals surface area contributed by atoms with Crippen LogP contribution in [0.15, 0.2) is 91.8 Å². The topological polar surface area (TPSA) is 330 Å². The fourth-order valence-electron chi connectivity index (χ4n) is 14.5. The fraction of sp³-hybridized carbons (Fsp3) is 0.472. The maximum absolute atomic E-state index is 12.9. The summed E-state index contributed by atoms with van der Waals surface area (Å²) in [4.78, 5) is 89.8. The first-order chi connectivity index (χ1) is 50.0. The molecule has 33 heteroatoms. The van der Waals surface area contributed by atoms with Gasteiger partial charge in [0.05, 0.1) is 35.7 Å². The molecule has 0 unspecified atom stereocenters. The van der Waals surface area contributed by atoms with Crippen molar-refractivity contribution in [2.75, 3.05) is 126 Å². The smallest absolute Gasteiger partial charge is 0.376 e. The van der Waals surface area contributed by atoms with Gasteiger partial charge in [-0.25, -0.2) is 29.9 Å². The number of nitriles is 2. The third-order valence-corrected chi connectivity index (χ3v) is 20.1. The van der Waals surface area contributed by atoms with E-state index in [2.05, 4.69) is 85.3 Å². The number of piperazine rings is 1. The molecular formula is C72H96B2Cl2N24O5. The van der Waals surface area contributed by atoms with E-state index in [1.54, 1.807) is 100 Å². The van der Waals surface area contributed by atoms with Gasteiger partial charge in [-0.2, -0.15) is 25.5 Å². The van der Waals surface area contributed by atoms with Gasteiger partial charge < -0.3 is 74.1 Å². The molecule has 6 aliphatic rings. The summed E-state index contributed by atoms with van der Waals surface area (Å²) in [7, 11) is 10.6. The highest BCUT2D eigenvalue weighted by Gasteiger charge is 2.32. The Hall–Kier alpha value is -10.2. The molecule has 6 fully saturated rings. The number of pyridine rings is 3. The molecule has 0 radical (unpaired) electrons. The Bertz CT molecular complexity index is 4480. The summed E-state index contributed by atoms with van der Waals surface area (Å²) in [5.41, 5.74) is 13.1. The highest BCUT2D eigenvalue weighted by atomic mass is 35.5. The van der Waals surface area contributed by atoms with E-state index in [1.165, 1.54) is 25.7 Å². The number of aromatic nitrogens is 12. The Morgan fingerprint density at radius 2 is 0.857 bits per heavy atom. The molecule has 5 N–H and O–H groups in total. The maximum Gasteiger partial charge on any atom is 0.376 e. The molecule has 3 aliphatic heterocycles. The van der Waals surface area contributed by atoms with Gasteiger partial charge in [0.2, 0.25) is 17.2 Å². The molecular weight excluding hydrogens is 1370 g/mol. The molecule has 3 saturated carbocycles. The van der Waals surface area contributed by atoms with Gasteiger partial charge in [0, 0.05) is 149 Å². The standard InChI is InChI=1S/C24H29BN8O2.C23H30N8O.C14H17ClN4O.C10H13BN4O.CH4.ClH.H2/c1-31(2)23(34)20-13-17-14-28-24(30-22(17)33(20)18-5-3-4-6-18)29-21-8-7-19(15-27-21)32-11-9-25(10-12-32)35-16-26;1-29(2)22(32)19-13-16-14-26-23(28-21(16)31(19)17-5-3-4-6-17)27-20-8-7-18(15-25-20)30-11-9-24-10-12-30;1-18(2)13(20)11-7-9-8-16-14(15)17-12(9)19(11)10-5-3-4-6-10;12-8-16-11-3-5-15(6-4-11)9-1-2-10(13)14-7-9;;;/h7-8,13-15,18H,3-6,9-12H2,1-2H3,(H,27,28,29,30);7-8,13-15,17,24H,3-6,9-12H2,1-2H3,(H,25,26,27,28);7-8,10H,3-6H2,1-2H3;1-2,7H,3-6H2,(H2,13,14);1H4;2*1H. The molecule has 3 saturated heterocycles. The number of nitrogens with zero attached hydrogens (tertiary/aromatic N) is 20. The van der Waals surface area contributed by atoms with Crippen molar-refractivity contribution in [2.45, 2.75) is 128 Å². The van der Waals surface area contributed by atoms with Gasteiger partial charge in [-0.15, -0.1) is 12.4 Å². The molecule has 0 bridgehead atoms. The van der Waals surface area contributed by atoms with Gasteiger partial charge in [-0.1, -0.05) is 46.0 Å². The number of hydrogen-bond acceptors (Lipinski definition) is 23. The molecule has 0 atom stereocenters. The van der Waals surface area contributed by atoms with E-state index in [-0.39, 0.29) is 64.1 Å². The maximum atomic E-state index is 12.9. The second-order valence-corrected chi connectivity index (χ2v) is 27.8. The SMILES string of the molecule is C.CN(C)C(=O)c1cc2cnc(Cl)nc2n1C1CCCC1.CN(C)C(=O)c1cc2cnc(Nc3ccc(N4CCB(OC#N)CC4)cn3)nc2n1C1CCCC1.CN(C)C(=O)c1cc2cnc(Nc3ccc(N4CCNCC4)cn3)nc2n1C1CCCC1.Cl.N#COB1CCN(c2ccc(N)nc2)CC1.[HH]. The van der Waals surface area contributed by atoms with Crippen LogP contribution in [0.2, 0.25) is 30.6 Å². The second-order valence-electron chi connectivity index (χ2n) is 27.5. The van der Waals surface area contributed by atoms with E-state index in [9.17, 15) is 14.4 Å². The zero-order valence-electron chi connectivity index (χ0n) is 59.9. The number of carbonyl (C=O) groups excluding carboxylic acids is 3. The van der Waals surface area contributed by atoms with Crippen molar-refractivity contribution in [1.82, 2.24) is 78.6 Å². The number of halogens is 2. The Kier molecular flexibility index (Phi) is 26.5. The summed E-state index contributed by atoms with van der Waals surface area (Å²) in [5, 5.41) is 29.8. The Morgan fingerprint density at radius 1 is 0.514 bits per heavy atom. The molecule has 0 aromatic carbocycles. The second kappa shape index (κ2) is 36.0. The molecule has 105 heavy (non-hydrogen) atoms. The van der Waals surface area contributed by atoms with Gasteiger partial charge in [-0.3, -0.25) is 14.4 Å². The van der Waals surface area contributed by atoms with Crippen molar-refractivity contribution in [2.24, 2.45) is 0 Å². The minimum Gasteiger partial charge on any atom is -0.497 e. The quantitative estimate of drug-likeness (QED) is 0.0421. The lowest BCUT2D eigenvalue weighted by molar-refractivity contribution is 0.0808. The first-order valence-electron chi connectivity index (χ1n) is 35.7. The Balaban J connectivity index is 0.000000169. The van der Waals surface area contributed by atoms with Crippen LogP contribution < -0.4 is 36.4 Å². The van der Waals surface area contributed by atoms with Crippen molar-refractivity contribution in [3.63, 3.8) is 0 Å². The number of hydrogen-bond donors (Lipinski definition) is 4. The zero-order valence-corrected chi connectivity index (χ0v) is 61.4. The molecule has 3 aliphatic carbocycles. The summed E-state index contributed by atoms with van der Waals surface area (Å²) in [6, 6.07) is 18.3. The van der Waals surface area contributed by atoms with Gasteiger partial charge in [0.25, 0.3) is 30.2 Å². The lowest BCUT2D eigenvalue weighted by atomic mass is 9.59. The molecule has 0 spiro atoms. The van der Waals surface area contributed by atoms with Crippen molar-refractivity contribution >= 4 is 135 Å². The van der Waals surface area contributed by atoms with E-state index in [4.69, 9.17) is 47.1 Å². The van der Waals surface area contributed by atoms with Gasteiger partial charge in [-0.05, 0) is 130 Å². The summed E-state index contributed by atoms with van der Waals surface area (Å²) < 4.78 is 16.3. The summed E-state index contributed by atoms with van der Waals surface area (Å²) >= 11 is 5.92. The largest absolute Gasteiger partial charge is 0.497 e. The number of fused-ring (bicyclic) bond motifs is 3. The van der Waals surface area contributed by atoms with Crippen LogP contribution in [-0.2, 0) is 9.31 Å². The van der Waals surface area contributed by atoms with Crippen LogP contribution in [0, 0.1) is 23.0 Å². The summed E-state index contributed by atoms with van der Waals surface area (Å²) in [6.07, 6.45) is 31.1. The van der Waals surface area contributed by atoms with Gasteiger partial charge >= 0.3 is 13.8 Å². The molecule has 3 amide bonds. The molecule has 15 rings (SSSR count). The van der Waals surface area contributed by atoms with E-state index >= 15 is 0 Å². The van der Waals surface area contributed by atoms with Crippen molar-refractivity contribution in [3.05, 3.63) is 114 Å². The predicted molar refractivity (Wildman–Crippen MR) is 418 cm³/mol. The number of nitrogens with one attached hydrogen (secondary N) is 3. The van der Waals surface area contributed by atoms with Crippen LogP contribution in [-0.4, -0.2) is 199 Å². The van der Waals surface area contributed by atoms with Crippen LogP contribution in [0.1, 0.15) is 135 Å². The summed E-state index contributed by atoms with van der Waals surface area (Å²) in [5.74, 6) is 2.79. The van der Waals surface area contributed by atoms with Crippen LogP contribution >= 0.6 is 24.0 Å². The van der Waals surface area contributed by atoms with Gasteiger partial charge in [0.1, 0.15) is 51.5 Å². The first kappa shape index (κ1) is 77.4. The van der Waals surface area contributed by atoms with Crippen molar-refractivity contribution in [3.8, 4) is 12.5 Å². The summed E-state index contributed by atoms with van der Waals surface area (Å²) in [6.45, 7) is 7.47. The Morgan fingerprint density at radius 3 is 1.19 bits per heavy atom. The molecule has 29 nitrogen and oxygen atoms in total. The highest BCUT2D eigenvalue weighted by Crippen LogP contribution is 2.38. The number of nitrogen functional groups attached to an aromatic ring is 1. The number of nitrogens with two attached hydrogens (primary N) is 1. The predicted octanol–water partition coefficient (Wildman–Crippen LogP) is 11.7. The minimum atomic E-state index is -0.0233. The number of rotatable bonds is 15. The average Bonchev–Trinajstić information content (AvgIpc) is 1.63. The third-order valence-electron chi connectivity index (χ3n) is 19.9. The average molecular weight is 1470 g/mol. The minimum absolute atomic E-state index is 0. The van der Waals surface area contributed by atoms with Crippen LogP contribution in [0.4, 0.5) is 46.4 Å². The van der Waals surface area contributed by atoms with Gasteiger partial charge in [0.15, 0.2) is 0 Å². The molecule has 12 heterocycles. The number of carbonyl (C=O) groups is 3. The molecule has 9 aromatic heterocycles. The number of amides is 3. The lowest BCUT2D eigenvalue weighted by Gasteiger charge is -2.30. The van der Waals surface area contributed by atoms with Crippen molar-refractivity contribution < 1.29 is 25.1 Å². The van der Waals surface area contributed by atoms with Crippen LogP contribution in [0.5, 0.6) is 0 Å². The number of anilines is 8.